The van der Waals surface area contributed by atoms with E-state index in [9.17, 15) is 0 Å². The van der Waals surface area contributed by atoms with Gasteiger partial charge in [0, 0.05) is 36.8 Å². The molecule has 2 aromatic heterocycles. The summed E-state index contributed by atoms with van der Waals surface area (Å²) in [5.74, 6) is 0. The molecule has 3 rings (SSSR count). The lowest BCUT2D eigenvalue weighted by Gasteiger charge is -2.18. The van der Waals surface area contributed by atoms with Crippen molar-refractivity contribution < 1.29 is 0 Å². The molecule has 5 heteroatoms. The Labute approximate surface area is 141 Å². The van der Waals surface area contributed by atoms with Crippen LogP contribution >= 0.6 is 11.3 Å². The molecule has 23 heavy (non-hydrogen) atoms. The van der Waals surface area contributed by atoms with Crippen LogP contribution < -0.4 is 10.6 Å². The molecular formula is C18H22N4S. The van der Waals surface area contributed by atoms with E-state index in [-0.39, 0.29) is 0 Å². The van der Waals surface area contributed by atoms with Gasteiger partial charge in [-0.25, -0.2) is 0 Å². The highest BCUT2D eigenvalue weighted by molar-refractivity contribution is 7.14. The molecular weight excluding hydrogens is 304 g/mol. The Balaban J connectivity index is 1.71. The Morgan fingerprint density at radius 1 is 1.22 bits per heavy atom. The first kappa shape index (κ1) is 15.8. The van der Waals surface area contributed by atoms with E-state index in [1.165, 1.54) is 16.1 Å². The first-order valence-electron chi connectivity index (χ1n) is 7.78. The number of rotatable bonds is 7. The third-order valence-electron chi connectivity index (χ3n) is 3.84. The Hall–Kier alpha value is -2.11. The van der Waals surface area contributed by atoms with Gasteiger partial charge < -0.3 is 10.6 Å². The lowest BCUT2D eigenvalue weighted by molar-refractivity contribution is 0.652. The van der Waals surface area contributed by atoms with E-state index >= 15 is 0 Å². The van der Waals surface area contributed by atoms with Gasteiger partial charge in [0.05, 0.1) is 10.7 Å². The van der Waals surface area contributed by atoms with E-state index in [1.807, 2.05) is 31.0 Å². The van der Waals surface area contributed by atoms with E-state index in [2.05, 4.69) is 57.5 Å². The Morgan fingerprint density at radius 3 is 2.74 bits per heavy atom. The summed E-state index contributed by atoms with van der Waals surface area (Å²) >= 11 is 1.74. The molecule has 0 aliphatic carbocycles. The van der Waals surface area contributed by atoms with Gasteiger partial charge in [-0.05, 0) is 31.2 Å². The second-order valence-electron chi connectivity index (χ2n) is 5.63. The molecule has 2 N–H and O–H groups in total. The lowest BCUT2D eigenvalue weighted by Crippen LogP contribution is -2.32. The average molecular weight is 326 g/mol. The lowest BCUT2D eigenvalue weighted by atomic mass is 10.1. The van der Waals surface area contributed by atoms with E-state index in [0.717, 1.165) is 18.7 Å². The van der Waals surface area contributed by atoms with E-state index in [0.29, 0.717) is 6.04 Å². The summed E-state index contributed by atoms with van der Waals surface area (Å²) in [6, 6.07) is 15.2. The van der Waals surface area contributed by atoms with Crippen LogP contribution in [0.3, 0.4) is 0 Å². The van der Waals surface area contributed by atoms with Crippen molar-refractivity contribution in [2.24, 2.45) is 7.05 Å². The maximum absolute atomic E-state index is 4.24. The van der Waals surface area contributed by atoms with E-state index in [1.54, 1.807) is 11.3 Å². The van der Waals surface area contributed by atoms with Gasteiger partial charge in [0.15, 0.2) is 0 Å². The molecule has 0 radical (unpaired) electrons. The number of thiophene rings is 1. The Morgan fingerprint density at radius 2 is 2.04 bits per heavy atom. The molecule has 0 spiro atoms. The molecule has 3 aromatic rings. The molecule has 2 heterocycles. The number of aromatic nitrogens is 2. The van der Waals surface area contributed by atoms with Crippen molar-refractivity contribution in [3.05, 3.63) is 59.6 Å². The molecule has 0 amide bonds. The van der Waals surface area contributed by atoms with Crippen LogP contribution in [-0.4, -0.2) is 29.4 Å². The van der Waals surface area contributed by atoms with Crippen LogP contribution in [0.15, 0.2) is 54.0 Å². The molecule has 120 valence electrons. The number of benzene rings is 1. The molecule has 1 aromatic carbocycles. The smallest absolute Gasteiger partial charge is 0.0892 e. The minimum Gasteiger partial charge on any atom is -0.373 e. The summed E-state index contributed by atoms with van der Waals surface area (Å²) < 4.78 is 1.90. The minimum absolute atomic E-state index is 0.362. The number of hydrogen-bond acceptors (Lipinski definition) is 4. The van der Waals surface area contributed by atoms with Crippen LogP contribution in [0.4, 0.5) is 5.00 Å². The fourth-order valence-corrected chi connectivity index (χ4v) is 3.60. The summed E-state index contributed by atoms with van der Waals surface area (Å²) in [6.45, 7) is 0.924. The summed E-state index contributed by atoms with van der Waals surface area (Å²) in [4.78, 5) is 0. The van der Waals surface area contributed by atoms with Crippen LogP contribution in [-0.2, 0) is 13.5 Å². The van der Waals surface area contributed by atoms with Gasteiger partial charge in [-0.1, -0.05) is 30.3 Å². The normalized spacial score (nSPS) is 12.3. The van der Waals surface area contributed by atoms with Crippen LogP contribution in [0.1, 0.15) is 5.56 Å². The SMILES string of the molecule is CNCC(Cc1ccccc1)Nc1cc(-c2ccnn2C)cs1. The number of hydrogen-bond donors (Lipinski definition) is 2. The van der Waals surface area contributed by atoms with Crippen LogP contribution in [0.25, 0.3) is 11.3 Å². The average Bonchev–Trinajstić information content (AvgIpc) is 3.17. The van der Waals surface area contributed by atoms with Crippen molar-refractivity contribution in [3.8, 4) is 11.3 Å². The quantitative estimate of drug-likeness (QED) is 0.699. The molecule has 0 fully saturated rings. The van der Waals surface area contributed by atoms with Gasteiger partial charge in [-0.15, -0.1) is 11.3 Å². The second-order valence-corrected chi connectivity index (χ2v) is 6.54. The number of anilines is 1. The van der Waals surface area contributed by atoms with Gasteiger partial charge >= 0.3 is 0 Å². The van der Waals surface area contributed by atoms with Gasteiger partial charge in [0.2, 0.25) is 0 Å². The van der Waals surface area contributed by atoms with E-state index in [4.69, 9.17) is 0 Å². The molecule has 0 aliphatic rings. The van der Waals surface area contributed by atoms with E-state index < -0.39 is 0 Å². The van der Waals surface area contributed by atoms with Crippen LogP contribution in [0.2, 0.25) is 0 Å². The summed E-state index contributed by atoms with van der Waals surface area (Å²) in [6.07, 6.45) is 2.83. The van der Waals surface area contributed by atoms with Crippen molar-refractivity contribution in [2.45, 2.75) is 12.5 Å². The third kappa shape index (κ3) is 4.00. The molecule has 0 saturated heterocycles. The topological polar surface area (TPSA) is 41.9 Å². The highest BCUT2D eigenvalue weighted by Gasteiger charge is 2.11. The second kappa shape index (κ2) is 7.44. The van der Waals surface area contributed by atoms with Gasteiger partial charge in [0.25, 0.3) is 0 Å². The monoisotopic (exact) mass is 326 g/mol. The van der Waals surface area contributed by atoms with Gasteiger partial charge in [-0.3, -0.25) is 4.68 Å². The maximum Gasteiger partial charge on any atom is 0.0892 e. The zero-order valence-corrected chi connectivity index (χ0v) is 14.3. The highest BCUT2D eigenvalue weighted by atomic mass is 32.1. The predicted molar refractivity (Wildman–Crippen MR) is 98.0 cm³/mol. The zero-order chi connectivity index (χ0) is 16.1. The Kier molecular flexibility index (Phi) is 5.10. The highest BCUT2D eigenvalue weighted by Crippen LogP contribution is 2.29. The summed E-state index contributed by atoms with van der Waals surface area (Å²) in [5, 5.41) is 14.5. The largest absolute Gasteiger partial charge is 0.373 e. The third-order valence-corrected chi connectivity index (χ3v) is 4.70. The molecule has 0 saturated carbocycles. The Bertz CT molecular complexity index is 732. The fourth-order valence-electron chi connectivity index (χ4n) is 2.72. The molecule has 0 bridgehead atoms. The molecule has 4 nitrogen and oxygen atoms in total. The first-order chi connectivity index (χ1) is 11.3. The maximum atomic E-state index is 4.24. The number of nitrogens with zero attached hydrogens (tertiary/aromatic N) is 2. The van der Waals surface area contributed by atoms with Crippen molar-refractivity contribution in [2.75, 3.05) is 18.9 Å². The molecule has 1 unspecified atom stereocenters. The van der Waals surface area contributed by atoms with Gasteiger partial charge in [-0.2, -0.15) is 5.10 Å². The standard InChI is InChI=1S/C18H22N4S/c1-19-12-16(10-14-6-4-3-5-7-14)21-18-11-15(13-23-18)17-8-9-20-22(17)2/h3-9,11,13,16,19,21H,10,12H2,1-2H3. The summed E-state index contributed by atoms with van der Waals surface area (Å²) in [7, 11) is 3.97. The molecule has 0 aliphatic heterocycles. The minimum atomic E-state index is 0.362. The number of likely N-dealkylation sites (N-methyl/N-ethyl adjacent to an activating group) is 1. The van der Waals surface area contributed by atoms with Crippen LogP contribution in [0.5, 0.6) is 0 Å². The van der Waals surface area contributed by atoms with Gasteiger partial charge in [0.1, 0.15) is 0 Å². The van der Waals surface area contributed by atoms with Crippen molar-refractivity contribution in [1.29, 1.82) is 0 Å². The molecule has 1 atom stereocenters. The predicted octanol–water partition coefficient (Wildman–Crippen LogP) is 3.39. The zero-order valence-electron chi connectivity index (χ0n) is 13.5. The number of aryl methyl sites for hydroxylation is 1. The van der Waals surface area contributed by atoms with Crippen LogP contribution in [0, 0.1) is 0 Å². The summed E-state index contributed by atoms with van der Waals surface area (Å²) in [5.41, 5.74) is 3.70. The van der Waals surface area contributed by atoms with Crippen molar-refractivity contribution in [3.63, 3.8) is 0 Å². The number of nitrogens with one attached hydrogen (secondary N) is 2. The van der Waals surface area contributed by atoms with Crippen molar-refractivity contribution in [1.82, 2.24) is 15.1 Å². The van der Waals surface area contributed by atoms with Crippen molar-refractivity contribution >= 4 is 16.3 Å². The fraction of sp³-hybridized carbons (Fsp3) is 0.278. The first-order valence-corrected chi connectivity index (χ1v) is 8.66.